The minimum atomic E-state index is -0.451. The molecule has 37 heavy (non-hydrogen) atoms. The molecule has 0 aliphatic heterocycles. The maximum atomic E-state index is 11.6. The minimum Gasteiger partial charge on any atom is -0.428 e. The van der Waals surface area contributed by atoms with Crippen LogP contribution in [-0.2, 0) is 9.53 Å². The van der Waals surface area contributed by atoms with Gasteiger partial charge in [0.2, 0.25) is 0 Å². The van der Waals surface area contributed by atoms with E-state index in [9.17, 15) is 4.79 Å². The summed E-state index contributed by atoms with van der Waals surface area (Å²) in [6, 6.07) is 29.0. The number of rotatable bonds is 10. The largest absolute Gasteiger partial charge is 0.428 e. The average Bonchev–Trinajstić information content (AvgIpc) is 2.95. The third kappa shape index (κ3) is 6.06. The molecule has 0 N–H and O–H groups in total. The van der Waals surface area contributed by atoms with Gasteiger partial charge in [-0.2, -0.15) is 0 Å². The maximum absolute atomic E-state index is 11.6. The number of ether oxygens (including phenoxy) is 1. The quantitative estimate of drug-likeness (QED) is 0.163. The molecule has 0 bridgehead atoms. The van der Waals surface area contributed by atoms with E-state index in [-0.39, 0.29) is 0 Å². The van der Waals surface area contributed by atoms with Gasteiger partial charge in [-0.1, -0.05) is 68.3 Å². The molecule has 0 unspecified atom stereocenters. The highest BCUT2D eigenvalue weighted by atomic mass is 16.5. The Labute approximate surface area is 219 Å². The van der Waals surface area contributed by atoms with Crippen molar-refractivity contribution in [1.29, 1.82) is 0 Å². The van der Waals surface area contributed by atoms with Gasteiger partial charge in [0.05, 0.1) is 0 Å². The number of hydrogen-bond acceptors (Lipinski definition) is 4. The fraction of sp³-hybridized carbons (Fsp3) is 0.0606. The van der Waals surface area contributed by atoms with Crippen LogP contribution in [0.4, 0.5) is 22.7 Å². The molecule has 0 saturated heterocycles. The molecule has 1 aliphatic rings. The number of nitrogens with zero attached hydrogens (tertiary/aromatic N) is 2. The van der Waals surface area contributed by atoms with Crippen LogP contribution in [0.1, 0.15) is 12.8 Å². The van der Waals surface area contributed by atoms with E-state index >= 15 is 0 Å². The molecule has 0 heterocycles. The van der Waals surface area contributed by atoms with E-state index in [1.165, 1.54) is 6.08 Å². The Bertz CT molecular complexity index is 1330. The smallest absolute Gasteiger partial charge is 0.335 e. The Morgan fingerprint density at radius 2 is 1.35 bits per heavy atom. The lowest BCUT2D eigenvalue weighted by Gasteiger charge is -2.32. The monoisotopic (exact) mass is 486 g/mol. The Morgan fingerprint density at radius 1 is 0.730 bits per heavy atom. The SMILES string of the molecule is C=CC=C(C=C)N(C1=CC=C(OC(=O)C=C)CC1)c1cccc(N(c2ccccc2)c2ccccc2)c1. The van der Waals surface area contributed by atoms with Gasteiger partial charge in [0.25, 0.3) is 0 Å². The van der Waals surface area contributed by atoms with Crippen LogP contribution in [0.2, 0.25) is 0 Å². The Morgan fingerprint density at radius 3 is 1.89 bits per heavy atom. The predicted octanol–water partition coefficient (Wildman–Crippen LogP) is 8.51. The van der Waals surface area contributed by atoms with E-state index in [1.807, 2.05) is 60.7 Å². The van der Waals surface area contributed by atoms with Gasteiger partial charge in [-0.25, -0.2) is 4.79 Å². The first kappa shape index (κ1) is 25.3. The second-order valence-electron chi connectivity index (χ2n) is 8.31. The molecule has 0 saturated carbocycles. The summed E-state index contributed by atoms with van der Waals surface area (Å²) < 4.78 is 5.34. The van der Waals surface area contributed by atoms with Crippen molar-refractivity contribution < 1.29 is 9.53 Å². The van der Waals surface area contributed by atoms with Crippen molar-refractivity contribution in [3.8, 4) is 0 Å². The van der Waals surface area contributed by atoms with Crippen LogP contribution in [0.25, 0.3) is 0 Å². The summed E-state index contributed by atoms with van der Waals surface area (Å²) in [6.45, 7) is 11.4. The molecule has 0 fully saturated rings. The van der Waals surface area contributed by atoms with Crippen molar-refractivity contribution in [2.45, 2.75) is 12.8 Å². The van der Waals surface area contributed by atoms with Crippen LogP contribution in [0.15, 0.2) is 158 Å². The second kappa shape index (κ2) is 12.2. The highest BCUT2D eigenvalue weighted by Crippen LogP contribution is 2.38. The summed E-state index contributed by atoms with van der Waals surface area (Å²) in [5.41, 5.74) is 6.08. The van der Waals surface area contributed by atoms with Gasteiger partial charge in [0.15, 0.2) is 0 Å². The standard InChI is InChI=1S/C33H30N2O2/c1-4-14-26(5-2)34(29-21-23-32(24-22-29)37-33(36)6-3)30-19-13-20-31(25-30)35(27-15-9-7-10-16-27)28-17-11-8-12-18-28/h4-21,23,25H,1-3,22,24H2. The summed E-state index contributed by atoms with van der Waals surface area (Å²) in [6.07, 6.45) is 11.8. The molecule has 0 amide bonds. The van der Waals surface area contributed by atoms with Crippen molar-refractivity contribution >= 4 is 28.7 Å². The van der Waals surface area contributed by atoms with Crippen molar-refractivity contribution in [2.24, 2.45) is 0 Å². The molecule has 0 spiro atoms. The summed E-state index contributed by atoms with van der Waals surface area (Å²) in [4.78, 5) is 16.0. The van der Waals surface area contributed by atoms with E-state index < -0.39 is 5.97 Å². The molecular weight excluding hydrogens is 456 g/mol. The van der Waals surface area contributed by atoms with Crippen molar-refractivity contribution in [3.63, 3.8) is 0 Å². The van der Waals surface area contributed by atoms with Gasteiger partial charge in [-0.05, 0) is 73.2 Å². The third-order valence-corrected chi connectivity index (χ3v) is 5.91. The van der Waals surface area contributed by atoms with Crippen LogP contribution in [-0.4, -0.2) is 5.97 Å². The summed E-state index contributed by atoms with van der Waals surface area (Å²) >= 11 is 0. The number of para-hydroxylation sites is 2. The third-order valence-electron chi connectivity index (χ3n) is 5.91. The molecule has 3 aromatic carbocycles. The first-order chi connectivity index (χ1) is 18.1. The van der Waals surface area contributed by atoms with Gasteiger partial charge < -0.3 is 14.5 Å². The number of carbonyl (C=O) groups excluding carboxylic acids is 1. The fourth-order valence-electron chi connectivity index (χ4n) is 4.26. The van der Waals surface area contributed by atoms with Gasteiger partial charge in [0.1, 0.15) is 5.76 Å². The molecule has 4 heteroatoms. The van der Waals surface area contributed by atoms with E-state index in [0.717, 1.165) is 34.1 Å². The lowest BCUT2D eigenvalue weighted by atomic mass is 10.1. The normalized spacial score (nSPS) is 13.0. The highest BCUT2D eigenvalue weighted by molar-refractivity contribution is 5.82. The van der Waals surface area contributed by atoms with Gasteiger partial charge in [0, 0.05) is 46.6 Å². The van der Waals surface area contributed by atoms with Crippen LogP contribution >= 0.6 is 0 Å². The number of hydrogen-bond donors (Lipinski definition) is 0. The molecule has 1 aliphatic carbocycles. The molecule has 0 radical (unpaired) electrons. The Hall–Kier alpha value is -4.83. The molecular formula is C33H30N2O2. The lowest BCUT2D eigenvalue weighted by molar-refractivity contribution is -0.134. The Balaban J connectivity index is 1.80. The zero-order valence-corrected chi connectivity index (χ0v) is 20.8. The second-order valence-corrected chi connectivity index (χ2v) is 8.31. The van der Waals surface area contributed by atoms with Crippen LogP contribution in [0.5, 0.6) is 0 Å². The van der Waals surface area contributed by atoms with E-state index in [0.29, 0.717) is 18.6 Å². The average molecular weight is 487 g/mol. The number of carbonyl (C=O) groups is 1. The molecule has 4 nitrogen and oxygen atoms in total. The topological polar surface area (TPSA) is 32.8 Å². The van der Waals surface area contributed by atoms with Crippen LogP contribution in [0, 0.1) is 0 Å². The van der Waals surface area contributed by atoms with Crippen LogP contribution in [0.3, 0.4) is 0 Å². The van der Waals surface area contributed by atoms with Crippen molar-refractivity contribution in [1.82, 2.24) is 0 Å². The molecule has 3 aromatic rings. The first-order valence-corrected chi connectivity index (χ1v) is 12.1. The summed E-state index contributed by atoms with van der Waals surface area (Å²) in [7, 11) is 0. The van der Waals surface area contributed by atoms with Crippen molar-refractivity contribution in [2.75, 3.05) is 9.80 Å². The number of anilines is 4. The fourth-order valence-corrected chi connectivity index (χ4v) is 4.26. The highest BCUT2D eigenvalue weighted by Gasteiger charge is 2.20. The zero-order chi connectivity index (χ0) is 26.0. The lowest BCUT2D eigenvalue weighted by Crippen LogP contribution is -2.23. The molecule has 0 aromatic heterocycles. The molecule has 0 atom stereocenters. The molecule has 4 rings (SSSR count). The first-order valence-electron chi connectivity index (χ1n) is 12.1. The Kier molecular flexibility index (Phi) is 8.35. The van der Waals surface area contributed by atoms with E-state index in [2.05, 4.69) is 78.1 Å². The van der Waals surface area contributed by atoms with E-state index in [1.54, 1.807) is 6.08 Å². The van der Waals surface area contributed by atoms with Crippen LogP contribution < -0.4 is 9.80 Å². The van der Waals surface area contributed by atoms with Gasteiger partial charge >= 0.3 is 5.97 Å². The predicted molar refractivity (Wildman–Crippen MR) is 154 cm³/mol. The van der Waals surface area contributed by atoms with Crippen molar-refractivity contribution in [3.05, 3.63) is 158 Å². The number of allylic oxidation sites excluding steroid dienone is 7. The number of esters is 1. The number of benzene rings is 3. The summed E-state index contributed by atoms with van der Waals surface area (Å²) in [5, 5.41) is 0. The zero-order valence-electron chi connectivity index (χ0n) is 20.8. The van der Waals surface area contributed by atoms with Gasteiger partial charge in [-0.15, -0.1) is 0 Å². The minimum absolute atomic E-state index is 0.451. The van der Waals surface area contributed by atoms with E-state index in [4.69, 9.17) is 4.74 Å². The maximum Gasteiger partial charge on any atom is 0.335 e. The summed E-state index contributed by atoms with van der Waals surface area (Å²) in [5.74, 6) is 0.169. The molecule has 184 valence electrons. The van der Waals surface area contributed by atoms with Gasteiger partial charge in [-0.3, -0.25) is 0 Å².